The number of alkyl halides is 3. The van der Waals surface area contributed by atoms with E-state index in [0.29, 0.717) is 5.69 Å². The predicted molar refractivity (Wildman–Crippen MR) is 102 cm³/mol. The van der Waals surface area contributed by atoms with E-state index in [2.05, 4.69) is 10.2 Å². The molecular weight excluding hydrogens is 369 g/mol. The number of hydrogen-bond donors (Lipinski definition) is 1. The van der Waals surface area contributed by atoms with Crippen molar-refractivity contribution < 1.29 is 22.7 Å². The van der Waals surface area contributed by atoms with E-state index in [-0.39, 0.29) is 11.3 Å². The molecule has 2 aromatic carbocycles. The maximum Gasteiger partial charge on any atom is 0.419 e. The Hall–Kier alpha value is -2.54. The summed E-state index contributed by atoms with van der Waals surface area (Å²) in [5.74, 6) is -0.874. The molecular formula is C21H23F3N2O2. The molecule has 1 N–H and O–H groups in total. The second-order valence-corrected chi connectivity index (χ2v) is 7.30. The van der Waals surface area contributed by atoms with Crippen molar-refractivity contribution in [3.63, 3.8) is 0 Å². The third-order valence-corrected chi connectivity index (χ3v) is 4.58. The monoisotopic (exact) mass is 392 g/mol. The van der Waals surface area contributed by atoms with Crippen LogP contribution in [0.15, 0.2) is 36.4 Å². The number of anilines is 1. The molecule has 0 saturated carbocycles. The zero-order valence-electron chi connectivity index (χ0n) is 16.1. The van der Waals surface area contributed by atoms with Crippen molar-refractivity contribution in [2.45, 2.75) is 39.1 Å². The van der Waals surface area contributed by atoms with Gasteiger partial charge in [0.05, 0.1) is 11.7 Å². The average molecular weight is 392 g/mol. The van der Waals surface area contributed by atoms with Gasteiger partial charge in [0.25, 0.3) is 5.91 Å². The molecule has 1 aliphatic rings. The number of ether oxygens (including phenoxy) is 1. The Kier molecular flexibility index (Phi) is 5.65. The van der Waals surface area contributed by atoms with Crippen LogP contribution in [0.3, 0.4) is 0 Å². The molecule has 150 valence electrons. The molecule has 0 spiro atoms. The third kappa shape index (κ3) is 4.65. The van der Waals surface area contributed by atoms with Gasteiger partial charge in [0, 0.05) is 24.3 Å². The lowest BCUT2D eigenvalue weighted by Gasteiger charge is -2.25. The fourth-order valence-corrected chi connectivity index (χ4v) is 3.23. The van der Waals surface area contributed by atoms with Crippen molar-refractivity contribution in [1.29, 1.82) is 0 Å². The number of rotatable bonds is 4. The van der Waals surface area contributed by atoms with Crippen molar-refractivity contribution in [3.05, 3.63) is 58.7 Å². The van der Waals surface area contributed by atoms with Gasteiger partial charge in [-0.15, -0.1) is 0 Å². The summed E-state index contributed by atoms with van der Waals surface area (Å²) in [5, 5.41) is 2.70. The maximum atomic E-state index is 13.4. The highest BCUT2D eigenvalue weighted by Gasteiger charge is 2.35. The van der Waals surface area contributed by atoms with Crippen molar-refractivity contribution in [2.24, 2.45) is 0 Å². The number of halogens is 3. The van der Waals surface area contributed by atoms with Crippen molar-refractivity contribution in [3.8, 4) is 5.75 Å². The van der Waals surface area contributed by atoms with Crippen LogP contribution in [0, 0.1) is 0 Å². The number of carbonyl (C=O) groups excluding carboxylic acids is 1. The summed E-state index contributed by atoms with van der Waals surface area (Å²) in [6, 6.07) is 8.98. The van der Waals surface area contributed by atoms with Crippen LogP contribution in [-0.4, -0.2) is 30.5 Å². The predicted octanol–water partition coefficient (Wildman–Crippen LogP) is 4.73. The summed E-state index contributed by atoms with van der Waals surface area (Å²) in [6.07, 6.45) is -4.09. The van der Waals surface area contributed by atoms with Crippen LogP contribution >= 0.6 is 0 Å². The third-order valence-electron chi connectivity index (χ3n) is 4.58. The van der Waals surface area contributed by atoms with E-state index in [0.717, 1.165) is 31.1 Å². The molecule has 1 amide bonds. The normalized spacial score (nSPS) is 14.7. The molecule has 0 radical (unpaired) electrons. The lowest BCUT2D eigenvalue weighted by molar-refractivity contribution is -0.139. The Labute approximate surface area is 162 Å². The summed E-state index contributed by atoms with van der Waals surface area (Å²) in [4.78, 5) is 14.7. The van der Waals surface area contributed by atoms with E-state index in [1.54, 1.807) is 19.9 Å². The van der Waals surface area contributed by atoms with E-state index in [1.807, 2.05) is 19.2 Å². The topological polar surface area (TPSA) is 41.6 Å². The quantitative estimate of drug-likeness (QED) is 0.818. The van der Waals surface area contributed by atoms with Gasteiger partial charge >= 0.3 is 6.18 Å². The van der Waals surface area contributed by atoms with Gasteiger partial charge in [-0.2, -0.15) is 13.2 Å². The molecule has 7 heteroatoms. The first kappa shape index (κ1) is 20.2. The van der Waals surface area contributed by atoms with Gasteiger partial charge < -0.3 is 15.0 Å². The second kappa shape index (κ2) is 7.83. The molecule has 4 nitrogen and oxygen atoms in total. The molecule has 0 fully saturated rings. The Balaban J connectivity index is 1.84. The molecule has 3 rings (SSSR count). The SMILES string of the molecule is CC(C)Oc1ccc(C(=O)Nc2ccc3c(c2)CN(C)CC3)cc1C(F)(F)F. The smallest absolute Gasteiger partial charge is 0.419 e. The largest absolute Gasteiger partial charge is 0.490 e. The van der Waals surface area contributed by atoms with E-state index in [4.69, 9.17) is 4.74 Å². The van der Waals surface area contributed by atoms with Crippen molar-refractivity contribution >= 4 is 11.6 Å². The van der Waals surface area contributed by atoms with E-state index in [1.165, 1.54) is 17.7 Å². The van der Waals surface area contributed by atoms with Gasteiger partial charge in [-0.25, -0.2) is 0 Å². The van der Waals surface area contributed by atoms with Crippen LogP contribution in [0.5, 0.6) is 5.75 Å². The lowest BCUT2D eigenvalue weighted by atomic mass is 9.99. The van der Waals surface area contributed by atoms with E-state index >= 15 is 0 Å². The molecule has 0 saturated heterocycles. The van der Waals surface area contributed by atoms with Crippen LogP contribution in [0.1, 0.15) is 40.9 Å². The highest BCUT2D eigenvalue weighted by Crippen LogP contribution is 2.37. The summed E-state index contributed by atoms with van der Waals surface area (Å²) in [5.41, 5.74) is 1.88. The highest BCUT2D eigenvalue weighted by molar-refractivity contribution is 6.04. The number of nitrogens with one attached hydrogen (secondary N) is 1. The minimum absolute atomic E-state index is 0.0710. The minimum atomic E-state index is -4.61. The van der Waals surface area contributed by atoms with Gasteiger partial charge in [0.2, 0.25) is 0 Å². The van der Waals surface area contributed by atoms with Crippen LogP contribution in [0.25, 0.3) is 0 Å². The van der Waals surface area contributed by atoms with E-state index < -0.39 is 23.8 Å². The van der Waals surface area contributed by atoms with Gasteiger partial charge in [-0.1, -0.05) is 6.07 Å². The van der Waals surface area contributed by atoms with Gasteiger partial charge in [0.1, 0.15) is 5.75 Å². The highest BCUT2D eigenvalue weighted by atomic mass is 19.4. The minimum Gasteiger partial charge on any atom is -0.490 e. The molecule has 2 aromatic rings. The number of likely N-dealkylation sites (N-methyl/N-ethyl adjacent to an activating group) is 1. The van der Waals surface area contributed by atoms with Crippen LogP contribution in [0.4, 0.5) is 18.9 Å². The van der Waals surface area contributed by atoms with E-state index in [9.17, 15) is 18.0 Å². The summed E-state index contributed by atoms with van der Waals surface area (Å²) < 4.78 is 45.4. The number of amides is 1. The lowest BCUT2D eigenvalue weighted by Crippen LogP contribution is -2.26. The van der Waals surface area contributed by atoms with Crippen LogP contribution < -0.4 is 10.1 Å². The first-order valence-corrected chi connectivity index (χ1v) is 9.13. The summed E-state index contributed by atoms with van der Waals surface area (Å²) >= 11 is 0. The summed E-state index contributed by atoms with van der Waals surface area (Å²) in [6.45, 7) is 5.05. The Morgan fingerprint density at radius 1 is 1.14 bits per heavy atom. The fraction of sp³-hybridized carbons (Fsp3) is 0.381. The fourth-order valence-electron chi connectivity index (χ4n) is 3.23. The second-order valence-electron chi connectivity index (χ2n) is 7.30. The standard InChI is InChI=1S/C21H23F3N2O2/c1-13(2)28-19-7-5-15(11-18(19)21(22,23)24)20(27)25-17-6-4-14-8-9-26(3)12-16(14)10-17/h4-7,10-11,13H,8-9,12H2,1-3H3,(H,25,27). The van der Waals surface area contributed by atoms with Gasteiger partial charge in [-0.05, 0) is 68.8 Å². The number of hydrogen-bond acceptors (Lipinski definition) is 3. The van der Waals surface area contributed by atoms with Gasteiger partial charge in [0.15, 0.2) is 0 Å². The Bertz CT molecular complexity index is 878. The number of carbonyl (C=O) groups is 1. The van der Waals surface area contributed by atoms with Crippen LogP contribution in [-0.2, 0) is 19.1 Å². The Morgan fingerprint density at radius 2 is 1.89 bits per heavy atom. The van der Waals surface area contributed by atoms with Crippen LogP contribution in [0.2, 0.25) is 0 Å². The first-order chi connectivity index (χ1) is 13.1. The molecule has 28 heavy (non-hydrogen) atoms. The van der Waals surface area contributed by atoms with Crippen molar-refractivity contribution in [2.75, 3.05) is 18.9 Å². The zero-order chi connectivity index (χ0) is 20.5. The number of nitrogens with zero attached hydrogens (tertiary/aromatic N) is 1. The van der Waals surface area contributed by atoms with Crippen molar-refractivity contribution in [1.82, 2.24) is 4.90 Å². The first-order valence-electron chi connectivity index (χ1n) is 9.13. The molecule has 0 atom stereocenters. The molecule has 1 aliphatic heterocycles. The average Bonchev–Trinajstić information content (AvgIpc) is 2.60. The molecule has 0 bridgehead atoms. The maximum absolute atomic E-state index is 13.4. The zero-order valence-corrected chi connectivity index (χ0v) is 16.1. The van der Waals surface area contributed by atoms with Gasteiger partial charge in [-0.3, -0.25) is 4.79 Å². The number of benzene rings is 2. The Morgan fingerprint density at radius 3 is 2.57 bits per heavy atom. The molecule has 0 aromatic heterocycles. The molecule has 0 aliphatic carbocycles. The number of fused-ring (bicyclic) bond motifs is 1. The molecule has 0 unspecified atom stereocenters. The summed E-state index contributed by atoms with van der Waals surface area (Å²) in [7, 11) is 2.02. The molecule has 1 heterocycles.